The molecule has 4 aromatic rings. The molecule has 3 aromatic carbocycles. The summed E-state index contributed by atoms with van der Waals surface area (Å²) < 4.78 is 12.3. The first kappa shape index (κ1) is 22.3. The Morgan fingerprint density at radius 2 is 1.85 bits per heavy atom. The SMILES string of the molecule is O=C(CSc1nc2ccccc2c(=O)n1Cc1ccccc1Cl)NCc1ccc2c(c1)OCO2. The maximum absolute atomic E-state index is 13.3. The molecule has 1 N–H and O–H groups in total. The fourth-order valence-electron chi connectivity index (χ4n) is 3.63. The lowest BCUT2D eigenvalue weighted by Gasteiger charge is -2.14. The molecule has 1 aliphatic heterocycles. The van der Waals surface area contributed by atoms with Gasteiger partial charge in [-0.25, -0.2) is 4.98 Å². The van der Waals surface area contributed by atoms with Gasteiger partial charge < -0.3 is 14.8 Å². The number of rotatable bonds is 7. The van der Waals surface area contributed by atoms with Crippen LogP contribution in [0.3, 0.4) is 0 Å². The molecule has 0 saturated heterocycles. The van der Waals surface area contributed by atoms with Crippen LogP contribution in [0, 0.1) is 0 Å². The second-order valence-electron chi connectivity index (χ2n) is 7.65. The Labute approximate surface area is 204 Å². The molecule has 1 aromatic heterocycles. The predicted molar refractivity (Wildman–Crippen MR) is 132 cm³/mol. The van der Waals surface area contributed by atoms with Crippen LogP contribution in [0.25, 0.3) is 10.9 Å². The number of carbonyl (C=O) groups is 1. The first-order valence-electron chi connectivity index (χ1n) is 10.6. The highest BCUT2D eigenvalue weighted by Gasteiger charge is 2.16. The van der Waals surface area contributed by atoms with E-state index in [1.54, 1.807) is 22.8 Å². The van der Waals surface area contributed by atoms with Crippen molar-refractivity contribution in [3.8, 4) is 11.5 Å². The van der Waals surface area contributed by atoms with Crippen LogP contribution in [0.1, 0.15) is 11.1 Å². The van der Waals surface area contributed by atoms with Crippen molar-refractivity contribution in [3.05, 3.63) is 93.2 Å². The van der Waals surface area contributed by atoms with Crippen LogP contribution in [0.2, 0.25) is 5.02 Å². The second-order valence-corrected chi connectivity index (χ2v) is 9.00. The lowest BCUT2D eigenvalue weighted by molar-refractivity contribution is -0.118. The van der Waals surface area contributed by atoms with E-state index in [1.807, 2.05) is 48.5 Å². The Kier molecular flexibility index (Phi) is 6.42. The van der Waals surface area contributed by atoms with E-state index in [4.69, 9.17) is 21.1 Å². The monoisotopic (exact) mass is 493 g/mol. The summed E-state index contributed by atoms with van der Waals surface area (Å²) >= 11 is 7.55. The molecule has 1 amide bonds. The Hall–Kier alpha value is -3.49. The highest BCUT2D eigenvalue weighted by Crippen LogP contribution is 2.32. The number of fused-ring (bicyclic) bond motifs is 2. The van der Waals surface area contributed by atoms with E-state index in [0.29, 0.717) is 39.1 Å². The van der Waals surface area contributed by atoms with E-state index in [-0.39, 0.29) is 30.6 Å². The topological polar surface area (TPSA) is 82.5 Å². The molecule has 0 radical (unpaired) electrons. The van der Waals surface area contributed by atoms with Gasteiger partial charge in [-0.15, -0.1) is 0 Å². The second kappa shape index (κ2) is 9.79. The Morgan fingerprint density at radius 1 is 1.06 bits per heavy atom. The van der Waals surface area contributed by atoms with Gasteiger partial charge in [-0.3, -0.25) is 14.2 Å². The summed E-state index contributed by atoms with van der Waals surface area (Å²) in [7, 11) is 0. The van der Waals surface area contributed by atoms with Crippen molar-refractivity contribution < 1.29 is 14.3 Å². The Bertz CT molecular complexity index is 1440. The molecule has 0 bridgehead atoms. The molecule has 0 atom stereocenters. The molecule has 0 fully saturated rings. The molecule has 172 valence electrons. The summed E-state index contributed by atoms with van der Waals surface area (Å²) in [6, 6.07) is 20.1. The van der Waals surface area contributed by atoms with Gasteiger partial charge >= 0.3 is 0 Å². The summed E-state index contributed by atoms with van der Waals surface area (Å²) in [5.41, 5.74) is 2.12. The molecule has 0 spiro atoms. The number of nitrogens with one attached hydrogen (secondary N) is 1. The van der Waals surface area contributed by atoms with Crippen molar-refractivity contribution >= 4 is 40.2 Å². The summed E-state index contributed by atoms with van der Waals surface area (Å²) in [5.74, 6) is 1.31. The Morgan fingerprint density at radius 3 is 2.74 bits per heavy atom. The van der Waals surface area contributed by atoms with Gasteiger partial charge in [0.05, 0.1) is 23.2 Å². The van der Waals surface area contributed by atoms with Crippen molar-refractivity contribution in [1.29, 1.82) is 0 Å². The van der Waals surface area contributed by atoms with Crippen molar-refractivity contribution in [3.63, 3.8) is 0 Å². The quantitative estimate of drug-likeness (QED) is 0.306. The van der Waals surface area contributed by atoms with E-state index in [2.05, 4.69) is 10.3 Å². The van der Waals surface area contributed by atoms with Crippen LogP contribution in [0.5, 0.6) is 11.5 Å². The van der Waals surface area contributed by atoms with Gasteiger partial charge in [0, 0.05) is 11.6 Å². The number of halogens is 1. The van der Waals surface area contributed by atoms with Crippen molar-refractivity contribution in [2.45, 2.75) is 18.2 Å². The molecule has 0 saturated carbocycles. The van der Waals surface area contributed by atoms with Crippen LogP contribution in [0.15, 0.2) is 76.7 Å². The van der Waals surface area contributed by atoms with E-state index >= 15 is 0 Å². The summed E-state index contributed by atoms with van der Waals surface area (Å²) in [5, 5.41) is 4.45. The normalized spacial score (nSPS) is 12.1. The molecule has 9 heteroatoms. The number of hydrogen-bond donors (Lipinski definition) is 1. The third-order valence-electron chi connectivity index (χ3n) is 5.37. The van der Waals surface area contributed by atoms with Gasteiger partial charge in [0.2, 0.25) is 12.7 Å². The van der Waals surface area contributed by atoms with Crippen LogP contribution >= 0.6 is 23.4 Å². The number of benzene rings is 3. The number of para-hydroxylation sites is 1. The largest absolute Gasteiger partial charge is 0.454 e. The zero-order valence-corrected chi connectivity index (χ0v) is 19.6. The summed E-state index contributed by atoms with van der Waals surface area (Å²) in [6.45, 7) is 0.821. The molecule has 2 heterocycles. The van der Waals surface area contributed by atoms with Gasteiger partial charge in [-0.2, -0.15) is 0 Å². The van der Waals surface area contributed by atoms with E-state index in [1.165, 1.54) is 11.8 Å². The number of hydrogen-bond acceptors (Lipinski definition) is 6. The average Bonchev–Trinajstić information content (AvgIpc) is 3.32. The predicted octanol–water partition coefficient (Wildman–Crippen LogP) is 4.24. The number of nitrogens with zero attached hydrogens (tertiary/aromatic N) is 2. The lowest BCUT2D eigenvalue weighted by Crippen LogP contribution is -2.27. The molecular formula is C25H20ClN3O4S. The number of amides is 1. The van der Waals surface area contributed by atoms with Crippen LogP contribution in [0.4, 0.5) is 0 Å². The Balaban J connectivity index is 1.33. The minimum absolute atomic E-state index is 0.109. The van der Waals surface area contributed by atoms with Gasteiger partial charge in [-0.05, 0) is 41.5 Å². The van der Waals surface area contributed by atoms with Crippen LogP contribution < -0.4 is 20.3 Å². The number of aromatic nitrogens is 2. The van der Waals surface area contributed by atoms with Gasteiger partial charge in [0.1, 0.15) is 0 Å². The zero-order valence-electron chi connectivity index (χ0n) is 18.0. The number of carbonyl (C=O) groups excluding carboxylic acids is 1. The molecule has 0 aliphatic carbocycles. The maximum atomic E-state index is 13.3. The van der Waals surface area contributed by atoms with Crippen molar-refractivity contribution in [2.24, 2.45) is 0 Å². The average molecular weight is 494 g/mol. The molecule has 7 nitrogen and oxygen atoms in total. The molecular weight excluding hydrogens is 474 g/mol. The number of thioether (sulfide) groups is 1. The first-order valence-corrected chi connectivity index (χ1v) is 12.0. The van der Waals surface area contributed by atoms with E-state index < -0.39 is 0 Å². The third-order valence-corrected chi connectivity index (χ3v) is 6.72. The minimum Gasteiger partial charge on any atom is -0.454 e. The highest BCUT2D eigenvalue weighted by molar-refractivity contribution is 7.99. The van der Waals surface area contributed by atoms with Gasteiger partial charge in [0.25, 0.3) is 5.56 Å². The van der Waals surface area contributed by atoms with Crippen molar-refractivity contribution in [1.82, 2.24) is 14.9 Å². The maximum Gasteiger partial charge on any atom is 0.262 e. The first-order chi connectivity index (χ1) is 16.6. The van der Waals surface area contributed by atoms with Crippen LogP contribution in [-0.4, -0.2) is 28.0 Å². The highest BCUT2D eigenvalue weighted by atomic mass is 35.5. The molecule has 5 rings (SSSR count). The van der Waals surface area contributed by atoms with Gasteiger partial charge in [-0.1, -0.05) is 59.8 Å². The van der Waals surface area contributed by atoms with Crippen LogP contribution in [-0.2, 0) is 17.9 Å². The van der Waals surface area contributed by atoms with E-state index in [0.717, 1.165) is 11.1 Å². The van der Waals surface area contributed by atoms with Gasteiger partial charge in [0.15, 0.2) is 16.7 Å². The number of ether oxygens (including phenoxy) is 2. The lowest BCUT2D eigenvalue weighted by atomic mass is 10.2. The fourth-order valence-corrected chi connectivity index (χ4v) is 4.65. The zero-order chi connectivity index (χ0) is 23.5. The summed E-state index contributed by atoms with van der Waals surface area (Å²) in [6.07, 6.45) is 0. The van der Waals surface area contributed by atoms with E-state index in [9.17, 15) is 9.59 Å². The standard InChI is InChI=1S/C25H20ClN3O4S/c26-19-7-3-1-5-17(19)13-29-24(31)18-6-2-4-8-20(18)28-25(29)34-14-23(30)27-12-16-9-10-21-22(11-16)33-15-32-21/h1-11H,12-15H2,(H,27,30). The molecule has 0 unspecified atom stereocenters. The van der Waals surface area contributed by atoms with Crippen molar-refractivity contribution in [2.75, 3.05) is 12.5 Å². The molecule has 1 aliphatic rings. The smallest absolute Gasteiger partial charge is 0.262 e. The molecule has 34 heavy (non-hydrogen) atoms. The minimum atomic E-state index is -0.172. The third kappa shape index (κ3) is 4.73. The fraction of sp³-hybridized carbons (Fsp3) is 0.160. The summed E-state index contributed by atoms with van der Waals surface area (Å²) in [4.78, 5) is 30.5.